The van der Waals surface area contributed by atoms with Gasteiger partial charge in [0.2, 0.25) is 5.91 Å². The highest BCUT2D eigenvalue weighted by atomic mass is 16.5. The Balaban J connectivity index is 1.84. The third-order valence-corrected chi connectivity index (χ3v) is 4.41. The molecule has 20 heavy (non-hydrogen) atoms. The van der Waals surface area contributed by atoms with Gasteiger partial charge in [0.15, 0.2) is 0 Å². The Bertz CT molecular complexity index is 540. The standard InChI is InChI=1S/C16H19NO3/c1-20-16(19)12-9-15(18)17(10-12)14-8-4-6-11-5-2-3-7-13(11)14/h2-3,5,7,12,14H,4,6,8-10H2,1H3/t12?,14-/m0/s1. The van der Waals surface area contributed by atoms with Gasteiger partial charge in [0.05, 0.1) is 19.1 Å². The predicted molar refractivity (Wildman–Crippen MR) is 74.0 cm³/mol. The first-order valence-electron chi connectivity index (χ1n) is 7.16. The number of carbonyl (C=O) groups excluding carboxylic acids is 2. The smallest absolute Gasteiger partial charge is 0.310 e. The number of fused-ring (bicyclic) bond motifs is 1. The Morgan fingerprint density at radius 2 is 2.15 bits per heavy atom. The number of esters is 1. The summed E-state index contributed by atoms with van der Waals surface area (Å²) < 4.78 is 4.77. The van der Waals surface area contributed by atoms with E-state index in [4.69, 9.17) is 4.74 Å². The lowest BCUT2D eigenvalue weighted by molar-refractivity contribution is -0.145. The average Bonchev–Trinajstić information content (AvgIpc) is 2.87. The molecule has 4 heteroatoms. The van der Waals surface area contributed by atoms with Gasteiger partial charge in [-0.3, -0.25) is 9.59 Å². The Hall–Kier alpha value is -1.84. The van der Waals surface area contributed by atoms with Crippen LogP contribution in [0.25, 0.3) is 0 Å². The van der Waals surface area contributed by atoms with E-state index in [0.29, 0.717) is 6.54 Å². The van der Waals surface area contributed by atoms with Crippen LogP contribution >= 0.6 is 0 Å². The summed E-state index contributed by atoms with van der Waals surface area (Å²) in [5.41, 5.74) is 2.58. The summed E-state index contributed by atoms with van der Waals surface area (Å²) in [5, 5.41) is 0. The van der Waals surface area contributed by atoms with Crippen molar-refractivity contribution in [1.82, 2.24) is 4.90 Å². The normalized spacial score (nSPS) is 25.4. The SMILES string of the molecule is COC(=O)C1CC(=O)N([C@H]2CCCc3ccccc32)C1. The monoisotopic (exact) mass is 273 g/mol. The molecule has 1 aliphatic carbocycles. The number of hydrogen-bond donors (Lipinski definition) is 0. The van der Waals surface area contributed by atoms with Gasteiger partial charge in [-0.1, -0.05) is 24.3 Å². The van der Waals surface area contributed by atoms with Crippen molar-refractivity contribution in [2.24, 2.45) is 5.92 Å². The van der Waals surface area contributed by atoms with Crippen molar-refractivity contribution in [3.63, 3.8) is 0 Å². The van der Waals surface area contributed by atoms with E-state index in [-0.39, 0.29) is 30.3 Å². The first-order valence-corrected chi connectivity index (χ1v) is 7.16. The number of hydrogen-bond acceptors (Lipinski definition) is 3. The summed E-state index contributed by atoms with van der Waals surface area (Å²) in [4.78, 5) is 25.7. The summed E-state index contributed by atoms with van der Waals surface area (Å²) in [6.45, 7) is 0.491. The molecule has 1 fully saturated rings. The van der Waals surface area contributed by atoms with Crippen molar-refractivity contribution < 1.29 is 14.3 Å². The molecule has 1 unspecified atom stereocenters. The van der Waals surface area contributed by atoms with Crippen LogP contribution in [0.3, 0.4) is 0 Å². The lowest BCUT2D eigenvalue weighted by atomic mass is 9.87. The second-order valence-electron chi connectivity index (χ2n) is 5.58. The van der Waals surface area contributed by atoms with Crippen molar-refractivity contribution in [1.29, 1.82) is 0 Å². The van der Waals surface area contributed by atoms with Gasteiger partial charge in [-0.25, -0.2) is 0 Å². The number of aryl methyl sites for hydroxylation is 1. The third-order valence-electron chi connectivity index (χ3n) is 4.41. The first-order chi connectivity index (χ1) is 9.70. The number of nitrogens with zero attached hydrogens (tertiary/aromatic N) is 1. The molecule has 1 aromatic carbocycles. The molecule has 4 nitrogen and oxygen atoms in total. The number of carbonyl (C=O) groups is 2. The zero-order valence-corrected chi connectivity index (χ0v) is 11.7. The highest BCUT2D eigenvalue weighted by Gasteiger charge is 2.39. The molecule has 2 aliphatic rings. The van der Waals surface area contributed by atoms with E-state index in [9.17, 15) is 9.59 Å². The van der Waals surface area contributed by atoms with Crippen LogP contribution in [0.2, 0.25) is 0 Å². The highest BCUT2D eigenvalue weighted by Crippen LogP contribution is 2.37. The number of methoxy groups -OCH3 is 1. The van der Waals surface area contributed by atoms with Crippen LogP contribution in [0, 0.1) is 5.92 Å². The van der Waals surface area contributed by atoms with Gasteiger partial charge in [0.1, 0.15) is 0 Å². The Labute approximate surface area is 118 Å². The summed E-state index contributed by atoms with van der Waals surface area (Å²) in [7, 11) is 1.38. The van der Waals surface area contributed by atoms with E-state index >= 15 is 0 Å². The van der Waals surface area contributed by atoms with Crippen LogP contribution in [-0.4, -0.2) is 30.4 Å². The molecule has 0 aromatic heterocycles. The van der Waals surface area contributed by atoms with Gasteiger partial charge in [-0.2, -0.15) is 0 Å². The van der Waals surface area contributed by atoms with Crippen LogP contribution in [0.1, 0.15) is 36.4 Å². The molecule has 1 heterocycles. The van der Waals surface area contributed by atoms with Crippen LogP contribution in [0.5, 0.6) is 0 Å². The fourth-order valence-corrected chi connectivity index (χ4v) is 3.41. The fraction of sp³-hybridized carbons (Fsp3) is 0.500. The molecule has 0 N–H and O–H groups in total. The largest absolute Gasteiger partial charge is 0.469 e. The quantitative estimate of drug-likeness (QED) is 0.775. The van der Waals surface area contributed by atoms with Crippen molar-refractivity contribution in [2.45, 2.75) is 31.7 Å². The molecular weight excluding hydrogens is 254 g/mol. The van der Waals surface area contributed by atoms with Gasteiger partial charge in [0.25, 0.3) is 0 Å². The van der Waals surface area contributed by atoms with Crippen LogP contribution in [0.15, 0.2) is 24.3 Å². The minimum atomic E-state index is -0.304. The fourth-order valence-electron chi connectivity index (χ4n) is 3.41. The minimum absolute atomic E-state index is 0.0714. The number of amides is 1. The van der Waals surface area contributed by atoms with Gasteiger partial charge in [0, 0.05) is 13.0 Å². The number of likely N-dealkylation sites (tertiary alicyclic amines) is 1. The number of rotatable bonds is 2. The Morgan fingerprint density at radius 1 is 1.35 bits per heavy atom. The summed E-state index contributed by atoms with van der Waals surface area (Å²) in [6.07, 6.45) is 3.44. The summed E-state index contributed by atoms with van der Waals surface area (Å²) >= 11 is 0. The molecule has 106 valence electrons. The van der Waals surface area contributed by atoms with Crippen molar-refractivity contribution in [2.75, 3.05) is 13.7 Å². The lowest BCUT2D eigenvalue weighted by Gasteiger charge is -2.33. The molecule has 0 bridgehead atoms. The summed E-state index contributed by atoms with van der Waals surface area (Å²) in [5.74, 6) is -0.506. The highest BCUT2D eigenvalue weighted by molar-refractivity contribution is 5.87. The number of benzene rings is 1. The minimum Gasteiger partial charge on any atom is -0.469 e. The zero-order valence-electron chi connectivity index (χ0n) is 11.7. The van der Waals surface area contributed by atoms with Gasteiger partial charge >= 0.3 is 5.97 Å². The second kappa shape index (κ2) is 5.27. The van der Waals surface area contributed by atoms with E-state index in [1.165, 1.54) is 18.2 Å². The molecule has 1 amide bonds. The van der Waals surface area contributed by atoms with Crippen LogP contribution in [-0.2, 0) is 20.7 Å². The predicted octanol–water partition coefficient (Wildman–Crippen LogP) is 2.09. The Kier molecular flexibility index (Phi) is 3.47. The van der Waals surface area contributed by atoms with E-state index < -0.39 is 0 Å². The maximum absolute atomic E-state index is 12.2. The lowest BCUT2D eigenvalue weighted by Crippen LogP contribution is -2.33. The first kappa shape index (κ1) is 13.2. The molecule has 1 aliphatic heterocycles. The van der Waals surface area contributed by atoms with Crippen LogP contribution < -0.4 is 0 Å². The van der Waals surface area contributed by atoms with Gasteiger partial charge < -0.3 is 9.64 Å². The van der Waals surface area contributed by atoms with Crippen molar-refractivity contribution in [3.05, 3.63) is 35.4 Å². The molecule has 1 saturated heterocycles. The molecular formula is C16H19NO3. The van der Waals surface area contributed by atoms with E-state index in [2.05, 4.69) is 12.1 Å². The van der Waals surface area contributed by atoms with Gasteiger partial charge in [-0.05, 0) is 30.4 Å². The molecule has 2 atom stereocenters. The van der Waals surface area contributed by atoms with E-state index in [1.54, 1.807) is 0 Å². The van der Waals surface area contributed by atoms with Crippen molar-refractivity contribution in [3.8, 4) is 0 Å². The zero-order chi connectivity index (χ0) is 14.1. The molecule has 0 saturated carbocycles. The van der Waals surface area contributed by atoms with Gasteiger partial charge in [-0.15, -0.1) is 0 Å². The maximum Gasteiger partial charge on any atom is 0.310 e. The Morgan fingerprint density at radius 3 is 2.95 bits per heavy atom. The van der Waals surface area contributed by atoms with E-state index in [1.807, 2.05) is 17.0 Å². The summed E-state index contributed by atoms with van der Waals surface area (Å²) in [6, 6.07) is 8.44. The molecule has 0 radical (unpaired) electrons. The maximum atomic E-state index is 12.2. The average molecular weight is 273 g/mol. The van der Waals surface area contributed by atoms with Crippen LogP contribution in [0.4, 0.5) is 0 Å². The van der Waals surface area contributed by atoms with Crippen molar-refractivity contribution >= 4 is 11.9 Å². The third kappa shape index (κ3) is 2.19. The molecule has 0 spiro atoms. The molecule has 1 aromatic rings. The second-order valence-corrected chi connectivity index (χ2v) is 5.58. The van der Waals surface area contributed by atoms with E-state index in [0.717, 1.165) is 19.3 Å². The number of ether oxygens (including phenoxy) is 1. The molecule has 3 rings (SSSR count). The topological polar surface area (TPSA) is 46.6 Å².